The van der Waals surface area contributed by atoms with E-state index in [2.05, 4.69) is 22.0 Å². The zero-order chi connectivity index (χ0) is 19.8. The van der Waals surface area contributed by atoms with Crippen molar-refractivity contribution in [3.63, 3.8) is 0 Å². The first-order valence-electron chi connectivity index (χ1n) is 9.90. The van der Waals surface area contributed by atoms with Crippen molar-refractivity contribution in [3.8, 4) is 0 Å². The van der Waals surface area contributed by atoms with Crippen LogP contribution < -0.4 is 5.73 Å². The summed E-state index contributed by atoms with van der Waals surface area (Å²) in [5.74, 6) is -0.111. The maximum atomic E-state index is 13.1. The molecule has 2 aliphatic rings. The number of carbonyl (C=O) groups excluding carboxylic acids is 1. The lowest BCUT2D eigenvalue weighted by molar-refractivity contribution is -0.157. The molecule has 1 amide bonds. The number of amides is 1. The number of aromatic nitrogens is 1. The lowest BCUT2D eigenvalue weighted by Gasteiger charge is -2.45. The Labute approximate surface area is 170 Å². The van der Waals surface area contributed by atoms with E-state index in [1.807, 2.05) is 35.5 Å². The molecule has 0 spiro atoms. The Bertz CT molecular complexity index is 822. The van der Waals surface area contributed by atoms with Gasteiger partial charge in [0.25, 0.3) is 5.91 Å². The van der Waals surface area contributed by atoms with Gasteiger partial charge in [-0.25, -0.2) is 4.98 Å². The second-order valence-electron chi connectivity index (χ2n) is 8.15. The van der Waals surface area contributed by atoms with Crippen molar-refractivity contribution in [1.29, 1.82) is 0 Å². The molecular formula is C21H28N4O2S. The molecule has 0 bridgehead atoms. The van der Waals surface area contributed by atoms with E-state index in [0.29, 0.717) is 31.1 Å². The highest BCUT2D eigenvalue weighted by atomic mass is 32.1. The Morgan fingerprint density at radius 2 is 1.75 bits per heavy atom. The SMILES string of the molecule is CN1CCC(O)(C(=O)N2CCC(c3ccccc3)(c3csc(N)n3)CC2)CC1. The Hall–Kier alpha value is -1.96. The maximum absolute atomic E-state index is 13.1. The fourth-order valence-electron chi connectivity index (χ4n) is 4.55. The van der Waals surface area contributed by atoms with Gasteiger partial charge in [0.05, 0.1) is 5.69 Å². The number of likely N-dealkylation sites (tertiary alicyclic amines) is 2. The number of piperidine rings is 2. The molecule has 3 heterocycles. The molecule has 2 aliphatic heterocycles. The zero-order valence-electron chi connectivity index (χ0n) is 16.3. The number of nitrogens with zero attached hydrogens (tertiary/aromatic N) is 3. The summed E-state index contributed by atoms with van der Waals surface area (Å²) < 4.78 is 0. The van der Waals surface area contributed by atoms with Crippen LogP contribution >= 0.6 is 11.3 Å². The van der Waals surface area contributed by atoms with Gasteiger partial charge in [0.1, 0.15) is 5.60 Å². The number of thiazole rings is 1. The predicted octanol–water partition coefficient (Wildman–Crippen LogP) is 2.09. The summed E-state index contributed by atoms with van der Waals surface area (Å²) in [7, 11) is 2.03. The first-order chi connectivity index (χ1) is 13.4. The topological polar surface area (TPSA) is 82.7 Å². The molecule has 150 valence electrons. The fourth-order valence-corrected chi connectivity index (χ4v) is 5.21. The van der Waals surface area contributed by atoms with Gasteiger partial charge in [-0.3, -0.25) is 4.79 Å². The molecule has 1 aromatic carbocycles. The van der Waals surface area contributed by atoms with Gasteiger partial charge in [0.15, 0.2) is 5.13 Å². The van der Waals surface area contributed by atoms with Gasteiger partial charge in [0, 0.05) is 37.0 Å². The smallest absolute Gasteiger partial charge is 0.254 e. The van der Waals surface area contributed by atoms with Crippen LogP contribution in [-0.2, 0) is 10.2 Å². The van der Waals surface area contributed by atoms with Gasteiger partial charge in [-0.2, -0.15) is 0 Å². The number of anilines is 1. The Morgan fingerprint density at radius 3 is 2.32 bits per heavy atom. The van der Waals surface area contributed by atoms with Gasteiger partial charge >= 0.3 is 0 Å². The highest BCUT2D eigenvalue weighted by Crippen LogP contribution is 2.43. The number of carbonyl (C=O) groups is 1. The van der Waals surface area contributed by atoms with Gasteiger partial charge in [-0.1, -0.05) is 30.3 Å². The van der Waals surface area contributed by atoms with Crippen molar-refractivity contribution in [3.05, 3.63) is 47.0 Å². The van der Waals surface area contributed by atoms with Gasteiger partial charge < -0.3 is 20.6 Å². The minimum Gasteiger partial charge on any atom is -0.380 e. The summed E-state index contributed by atoms with van der Waals surface area (Å²) in [5, 5.41) is 13.6. The Balaban J connectivity index is 1.55. The molecule has 6 nitrogen and oxygen atoms in total. The average Bonchev–Trinajstić information content (AvgIpc) is 3.17. The molecule has 2 saturated heterocycles. The first kappa shape index (κ1) is 19.4. The van der Waals surface area contributed by atoms with Crippen LogP contribution in [0.3, 0.4) is 0 Å². The van der Waals surface area contributed by atoms with E-state index in [4.69, 9.17) is 5.73 Å². The average molecular weight is 401 g/mol. The van der Waals surface area contributed by atoms with Gasteiger partial charge in [-0.05, 0) is 38.3 Å². The van der Waals surface area contributed by atoms with Crippen molar-refractivity contribution in [2.45, 2.75) is 36.7 Å². The van der Waals surface area contributed by atoms with E-state index in [9.17, 15) is 9.90 Å². The summed E-state index contributed by atoms with van der Waals surface area (Å²) in [4.78, 5) is 21.7. The second-order valence-corrected chi connectivity index (χ2v) is 9.04. The standard InChI is InChI=1S/C21H28N4O2S/c1-24-11-9-21(27,10-12-24)18(26)25-13-7-20(8-14-25,16-5-3-2-4-6-16)17-15-28-19(22)23-17/h2-6,15,27H,7-14H2,1H3,(H2,22,23). The van der Waals surface area contributed by atoms with Crippen LogP contribution in [-0.4, -0.2) is 64.6 Å². The second kappa shape index (κ2) is 7.46. The van der Waals surface area contributed by atoms with E-state index < -0.39 is 5.60 Å². The highest BCUT2D eigenvalue weighted by molar-refractivity contribution is 7.13. The number of rotatable bonds is 3. The molecule has 2 aromatic rings. The first-order valence-corrected chi connectivity index (χ1v) is 10.8. The molecule has 0 saturated carbocycles. The summed E-state index contributed by atoms with van der Waals surface area (Å²) >= 11 is 1.46. The van der Waals surface area contributed by atoms with Crippen LogP contribution in [0.2, 0.25) is 0 Å². The minimum absolute atomic E-state index is 0.111. The van der Waals surface area contributed by atoms with Crippen molar-refractivity contribution in [2.75, 3.05) is 39.0 Å². The molecule has 7 heteroatoms. The van der Waals surface area contributed by atoms with E-state index in [0.717, 1.165) is 31.6 Å². The predicted molar refractivity (Wildman–Crippen MR) is 111 cm³/mol. The summed E-state index contributed by atoms with van der Waals surface area (Å²) in [6.07, 6.45) is 2.57. The lowest BCUT2D eigenvalue weighted by Crippen LogP contribution is -2.57. The summed E-state index contributed by atoms with van der Waals surface area (Å²) in [6, 6.07) is 10.4. The Kier molecular flexibility index (Phi) is 5.16. The molecule has 0 aliphatic carbocycles. The third-order valence-electron chi connectivity index (χ3n) is 6.46. The van der Waals surface area contributed by atoms with E-state index in [-0.39, 0.29) is 11.3 Å². The summed E-state index contributed by atoms with van der Waals surface area (Å²) in [6.45, 7) is 2.73. The number of aliphatic hydroxyl groups is 1. The molecular weight excluding hydrogens is 372 g/mol. The number of hydrogen-bond acceptors (Lipinski definition) is 6. The lowest BCUT2D eigenvalue weighted by atomic mass is 9.70. The monoisotopic (exact) mass is 400 g/mol. The highest BCUT2D eigenvalue weighted by Gasteiger charge is 2.46. The van der Waals surface area contributed by atoms with Crippen molar-refractivity contribution < 1.29 is 9.90 Å². The van der Waals surface area contributed by atoms with Crippen molar-refractivity contribution in [2.24, 2.45) is 0 Å². The van der Waals surface area contributed by atoms with Crippen molar-refractivity contribution >= 4 is 22.4 Å². The third kappa shape index (κ3) is 3.43. The largest absolute Gasteiger partial charge is 0.380 e. The molecule has 3 N–H and O–H groups in total. The third-order valence-corrected chi connectivity index (χ3v) is 7.13. The summed E-state index contributed by atoms with van der Waals surface area (Å²) in [5.41, 5.74) is 6.68. The normalized spacial score (nSPS) is 22.1. The van der Waals surface area contributed by atoms with Crippen molar-refractivity contribution in [1.82, 2.24) is 14.8 Å². The molecule has 4 rings (SSSR count). The van der Waals surface area contributed by atoms with Gasteiger partial charge in [0.2, 0.25) is 0 Å². The number of hydrogen-bond donors (Lipinski definition) is 2. The van der Waals surface area contributed by atoms with Crippen LogP contribution in [0.25, 0.3) is 0 Å². The van der Waals surface area contributed by atoms with E-state index in [1.165, 1.54) is 16.9 Å². The maximum Gasteiger partial charge on any atom is 0.254 e. The van der Waals surface area contributed by atoms with Crippen LogP contribution in [0.15, 0.2) is 35.7 Å². The molecule has 0 atom stereocenters. The van der Waals surface area contributed by atoms with Crippen LogP contribution in [0.1, 0.15) is 36.9 Å². The van der Waals surface area contributed by atoms with Gasteiger partial charge in [-0.15, -0.1) is 11.3 Å². The zero-order valence-corrected chi connectivity index (χ0v) is 17.1. The fraction of sp³-hybridized carbons (Fsp3) is 0.524. The van der Waals surface area contributed by atoms with Crippen LogP contribution in [0.5, 0.6) is 0 Å². The molecule has 0 unspecified atom stereocenters. The molecule has 28 heavy (non-hydrogen) atoms. The Morgan fingerprint density at radius 1 is 1.11 bits per heavy atom. The molecule has 1 aromatic heterocycles. The van der Waals surface area contributed by atoms with Crippen LogP contribution in [0.4, 0.5) is 5.13 Å². The number of nitrogens with two attached hydrogens (primary N) is 1. The van der Waals surface area contributed by atoms with E-state index >= 15 is 0 Å². The molecule has 0 radical (unpaired) electrons. The number of nitrogen functional groups attached to an aromatic ring is 1. The number of benzene rings is 1. The van der Waals surface area contributed by atoms with Crippen LogP contribution in [0, 0.1) is 0 Å². The van der Waals surface area contributed by atoms with E-state index in [1.54, 1.807) is 0 Å². The minimum atomic E-state index is -1.22. The molecule has 2 fully saturated rings. The quantitative estimate of drug-likeness (QED) is 0.824.